The highest BCUT2D eigenvalue weighted by atomic mass is 16.5. The van der Waals surface area contributed by atoms with Crippen LogP contribution < -0.4 is 5.32 Å². The Kier molecular flexibility index (Phi) is 7.98. The van der Waals surface area contributed by atoms with Gasteiger partial charge in [-0.3, -0.25) is 0 Å². The third kappa shape index (κ3) is 8.90. The van der Waals surface area contributed by atoms with Crippen molar-refractivity contribution in [2.75, 3.05) is 19.8 Å². The summed E-state index contributed by atoms with van der Waals surface area (Å²) in [4.78, 5) is 0. The number of nitrogens with one attached hydrogen (secondary N) is 1. The third-order valence-corrected chi connectivity index (χ3v) is 3.67. The molecule has 1 aromatic carbocycles. The normalized spacial score (nSPS) is 13.4. The number of hydrogen-bond donors (Lipinski definition) is 1. The summed E-state index contributed by atoms with van der Waals surface area (Å²) >= 11 is 0. The van der Waals surface area contributed by atoms with Crippen LogP contribution in [-0.2, 0) is 11.2 Å². The van der Waals surface area contributed by atoms with E-state index in [1.165, 1.54) is 17.5 Å². The van der Waals surface area contributed by atoms with E-state index in [0.717, 1.165) is 32.6 Å². The lowest BCUT2D eigenvalue weighted by molar-refractivity contribution is 0.138. The molecule has 0 saturated heterocycles. The first-order valence-electron chi connectivity index (χ1n) is 8.29. The van der Waals surface area contributed by atoms with Crippen LogP contribution >= 0.6 is 0 Å². The fraction of sp³-hybridized carbons (Fsp3) is 0.684. The number of aryl methyl sites for hydroxylation is 1. The van der Waals surface area contributed by atoms with Gasteiger partial charge in [0.15, 0.2) is 0 Å². The molecule has 0 aliphatic carbocycles. The summed E-state index contributed by atoms with van der Waals surface area (Å²) in [6, 6.07) is 8.96. The van der Waals surface area contributed by atoms with E-state index in [1.54, 1.807) is 0 Å². The summed E-state index contributed by atoms with van der Waals surface area (Å²) in [6.07, 6.45) is 3.52. The number of rotatable bonds is 9. The van der Waals surface area contributed by atoms with E-state index in [1.807, 2.05) is 0 Å². The van der Waals surface area contributed by atoms with Gasteiger partial charge in [-0.25, -0.2) is 0 Å². The Hall–Kier alpha value is -0.860. The van der Waals surface area contributed by atoms with Gasteiger partial charge in [0.25, 0.3) is 0 Å². The lowest BCUT2D eigenvalue weighted by Gasteiger charge is -2.25. The minimum absolute atomic E-state index is 0.186. The summed E-state index contributed by atoms with van der Waals surface area (Å²) in [5, 5.41) is 3.65. The second-order valence-electron chi connectivity index (χ2n) is 7.03. The van der Waals surface area contributed by atoms with E-state index in [2.05, 4.69) is 64.2 Å². The first kappa shape index (κ1) is 18.2. The van der Waals surface area contributed by atoms with Crippen molar-refractivity contribution in [3.8, 4) is 0 Å². The van der Waals surface area contributed by atoms with Gasteiger partial charge < -0.3 is 10.1 Å². The molecule has 0 saturated carbocycles. The highest BCUT2D eigenvalue weighted by Crippen LogP contribution is 2.16. The van der Waals surface area contributed by atoms with Crippen LogP contribution in [0.25, 0.3) is 0 Å². The fourth-order valence-corrected chi connectivity index (χ4v) is 2.40. The molecule has 1 aromatic rings. The van der Waals surface area contributed by atoms with Gasteiger partial charge in [0.2, 0.25) is 0 Å². The number of hydrogen-bond acceptors (Lipinski definition) is 2. The van der Waals surface area contributed by atoms with Gasteiger partial charge in [-0.05, 0) is 71.9 Å². The van der Waals surface area contributed by atoms with Crippen LogP contribution in [0.5, 0.6) is 0 Å². The van der Waals surface area contributed by atoms with Crippen molar-refractivity contribution >= 4 is 0 Å². The number of benzene rings is 1. The van der Waals surface area contributed by atoms with Gasteiger partial charge in [-0.15, -0.1) is 0 Å². The van der Waals surface area contributed by atoms with E-state index in [4.69, 9.17) is 4.74 Å². The van der Waals surface area contributed by atoms with E-state index < -0.39 is 0 Å². The predicted molar refractivity (Wildman–Crippen MR) is 91.9 cm³/mol. The van der Waals surface area contributed by atoms with Crippen LogP contribution in [-0.4, -0.2) is 25.3 Å². The maximum atomic E-state index is 5.47. The Bertz CT molecular complexity index is 378. The van der Waals surface area contributed by atoms with Crippen LogP contribution in [0, 0.1) is 12.8 Å². The van der Waals surface area contributed by atoms with Crippen LogP contribution in [0.2, 0.25) is 0 Å². The molecule has 0 aliphatic rings. The molecular weight excluding hydrogens is 258 g/mol. The maximum Gasteiger partial charge on any atom is 0.0466 e. The number of ether oxygens (including phenoxy) is 1. The molecule has 1 unspecified atom stereocenters. The van der Waals surface area contributed by atoms with Crippen molar-refractivity contribution in [3.05, 3.63) is 35.4 Å². The Morgan fingerprint density at radius 1 is 1.14 bits per heavy atom. The van der Waals surface area contributed by atoms with Crippen molar-refractivity contribution in [1.82, 2.24) is 5.32 Å². The van der Waals surface area contributed by atoms with Crippen molar-refractivity contribution < 1.29 is 4.74 Å². The molecule has 0 heterocycles. The Morgan fingerprint density at radius 2 is 1.81 bits per heavy atom. The monoisotopic (exact) mass is 291 g/mol. The first-order chi connectivity index (χ1) is 9.90. The molecule has 21 heavy (non-hydrogen) atoms. The smallest absolute Gasteiger partial charge is 0.0466 e. The zero-order valence-electron chi connectivity index (χ0n) is 14.5. The molecule has 0 spiro atoms. The van der Waals surface area contributed by atoms with Gasteiger partial charge in [0.1, 0.15) is 0 Å². The van der Waals surface area contributed by atoms with Gasteiger partial charge >= 0.3 is 0 Å². The van der Waals surface area contributed by atoms with E-state index in [-0.39, 0.29) is 5.54 Å². The Labute approximate surface area is 131 Å². The molecule has 0 aliphatic heterocycles. The van der Waals surface area contributed by atoms with Crippen molar-refractivity contribution in [2.24, 2.45) is 5.92 Å². The van der Waals surface area contributed by atoms with E-state index in [0.29, 0.717) is 5.92 Å². The predicted octanol–water partition coefficient (Wildman–Crippen LogP) is 4.36. The van der Waals surface area contributed by atoms with Crippen LogP contribution in [0.4, 0.5) is 0 Å². The molecule has 0 fully saturated rings. The van der Waals surface area contributed by atoms with Crippen LogP contribution in [0.1, 0.15) is 51.7 Å². The van der Waals surface area contributed by atoms with E-state index in [9.17, 15) is 0 Å². The quantitative estimate of drug-likeness (QED) is 0.683. The van der Waals surface area contributed by atoms with Gasteiger partial charge in [-0.1, -0.05) is 29.8 Å². The van der Waals surface area contributed by atoms with Crippen molar-refractivity contribution in [3.63, 3.8) is 0 Å². The molecule has 0 radical (unpaired) electrons. The van der Waals surface area contributed by atoms with Crippen molar-refractivity contribution in [1.29, 1.82) is 0 Å². The van der Waals surface area contributed by atoms with Gasteiger partial charge in [0, 0.05) is 18.8 Å². The Morgan fingerprint density at radius 3 is 2.38 bits per heavy atom. The second kappa shape index (κ2) is 9.22. The third-order valence-electron chi connectivity index (χ3n) is 3.67. The largest absolute Gasteiger partial charge is 0.382 e. The molecule has 120 valence electrons. The molecular formula is C19H33NO. The molecule has 0 bridgehead atoms. The average Bonchev–Trinajstić information content (AvgIpc) is 2.42. The maximum absolute atomic E-state index is 5.47. The van der Waals surface area contributed by atoms with Gasteiger partial charge in [0.05, 0.1) is 0 Å². The molecule has 1 atom stereocenters. The fourth-order valence-electron chi connectivity index (χ4n) is 2.40. The van der Waals surface area contributed by atoms with E-state index >= 15 is 0 Å². The zero-order valence-corrected chi connectivity index (χ0v) is 14.5. The SMILES string of the molecule is CCOCCCC(CNC(C)(C)C)Cc1ccc(C)cc1. The second-order valence-corrected chi connectivity index (χ2v) is 7.03. The minimum atomic E-state index is 0.186. The Balaban J connectivity index is 2.51. The summed E-state index contributed by atoms with van der Waals surface area (Å²) in [5.74, 6) is 0.674. The lowest BCUT2D eigenvalue weighted by atomic mass is 9.93. The molecule has 1 rings (SSSR count). The summed E-state index contributed by atoms with van der Waals surface area (Å²) < 4.78 is 5.47. The summed E-state index contributed by atoms with van der Waals surface area (Å²) in [6.45, 7) is 13.7. The average molecular weight is 291 g/mol. The molecule has 0 amide bonds. The standard InChI is InChI=1S/C19H33NO/c1-6-21-13-7-8-18(15-20-19(3,4)5)14-17-11-9-16(2)10-12-17/h9-12,18,20H,6-8,13-15H2,1-5H3. The topological polar surface area (TPSA) is 21.3 Å². The van der Waals surface area contributed by atoms with Crippen molar-refractivity contribution in [2.45, 2.75) is 59.4 Å². The first-order valence-corrected chi connectivity index (χ1v) is 8.29. The lowest BCUT2D eigenvalue weighted by Crippen LogP contribution is -2.39. The molecule has 0 aromatic heterocycles. The molecule has 1 N–H and O–H groups in total. The van der Waals surface area contributed by atoms with Crippen LogP contribution in [0.15, 0.2) is 24.3 Å². The van der Waals surface area contributed by atoms with Crippen LogP contribution in [0.3, 0.4) is 0 Å². The summed E-state index contributed by atoms with van der Waals surface area (Å²) in [5.41, 5.74) is 2.96. The van der Waals surface area contributed by atoms with Gasteiger partial charge in [-0.2, -0.15) is 0 Å². The molecule has 2 nitrogen and oxygen atoms in total. The molecule has 2 heteroatoms. The minimum Gasteiger partial charge on any atom is -0.382 e. The summed E-state index contributed by atoms with van der Waals surface area (Å²) in [7, 11) is 0. The highest BCUT2D eigenvalue weighted by Gasteiger charge is 2.14. The zero-order chi connectivity index (χ0) is 15.7. The highest BCUT2D eigenvalue weighted by molar-refractivity contribution is 5.21.